The van der Waals surface area contributed by atoms with Gasteiger partial charge in [-0.2, -0.15) is 4.31 Å². The number of thiophene rings is 1. The summed E-state index contributed by atoms with van der Waals surface area (Å²) in [5.74, 6) is 1.33. The number of hydrogen-bond acceptors (Lipinski definition) is 4. The Morgan fingerprint density at radius 3 is 2.75 bits per heavy atom. The molecule has 20 heavy (non-hydrogen) atoms. The summed E-state index contributed by atoms with van der Waals surface area (Å²) in [5, 5.41) is 0. The van der Waals surface area contributed by atoms with Crippen LogP contribution in [0.3, 0.4) is 0 Å². The molecule has 0 unspecified atom stereocenters. The van der Waals surface area contributed by atoms with Crippen molar-refractivity contribution in [1.82, 2.24) is 13.9 Å². The highest BCUT2D eigenvalue weighted by atomic mass is 79.9. The third kappa shape index (κ3) is 2.57. The summed E-state index contributed by atoms with van der Waals surface area (Å²) in [5.41, 5.74) is 0. The van der Waals surface area contributed by atoms with Crippen molar-refractivity contribution in [2.45, 2.75) is 17.7 Å². The largest absolute Gasteiger partial charge is 0.335 e. The molecule has 108 valence electrons. The van der Waals surface area contributed by atoms with Crippen LogP contribution in [0.25, 0.3) is 0 Å². The van der Waals surface area contributed by atoms with Crippen LogP contribution in [0.5, 0.6) is 0 Å². The second kappa shape index (κ2) is 5.25. The van der Waals surface area contributed by atoms with E-state index in [-0.39, 0.29) is 0 Å². The van der Waals surface area contributed by atoms with Crippen molar-refractivity contribution in [2.75, 3.05) is 13.1 Å². The molecule has 0 atom stereocenters. The second-order valence-electron chi connectivity index (χ2n) is 4.87. The van der Waals surface area contributed by atoms with Crippen molar-refractivity contribution < 1.29 is 8.42 Å². The Labute approximate surface area is 130 Å². The molecule has 3 rings (SSSR count). The maximum Gasteiger partial charge on any atom is 0.252 e. The first-order valence-corrected chi connectivity index (χ1v) is 9.25. The van der Waals surface area contributed by atoms with Gasteiger partial charge in [-0.25, -0.2) is 13.4 Å². The number of imidazole rings is 1. The number of sulfonamides is 1. The smallest absolute Gasteiger partial charge is 0.252 e. The van der Waals surface area contributed by atoms with Gasteiger partial charge in [-0.1, -0.05) is 0 Å². The number of aromatic nitrogens is 2. The minimum Gasteiger partial charge on any atom is -0.335 e. The molecule has 0 spiro atoms. The molecule has 2 aromatic heterocycles. The number of nitrogens with zero attached hydrogens (tertiary/aromatic N) is 3. The molecule has 1 aliphatic rings. The quantitative estimate of drug-likeness (QED) is 0.823. The summed E-state index contributed by atoms with van der Waals surface area (Å²) in [4.78, 5) is 4.17. The average Bonchev–Trinajstić information content (AvgIpc) is 2.92. The Morgan fingerprint density at radius 1 is 1.45 bits per heavy atom. The van der Waals surface area contributed by atoms with Crippen LogP contribution in [-0.2, 0) is 16.6 Å². The fourth-order valence-corrected chi connectivity index (χ4v) is 6.03. The van der Waals surface area contributed by atoms with Gasteiger partial charge in [-0.05, 0) is 35.0 Å². The first-order valence-electron chi connectivity index (χ1n) is 6.20. The summed E-state index contributed by atoms with van der Waals surface area (Å²) in [7, 11) is -3.31. The molecule has 5 nitrogen and oxygen atoms in total. The SMILES string of the molecule is Cc1nccn1CC1CN(S(=O)(=O)c2ccc(Br)s2)C1. The van der Waals surface area contributed by atoms with Crippen LogP contribution in [-0.4, -0.2) is 35.4 Å². The number of rotatable bonds is 4. The van der Waals surface area contributed by atoms with E-state index in [0.29, 0.717) is 23.2 Å². The van der Waals surface area contributed by atoms with Gasteiger partial charge in [0.05, 0.1) is 3.79 Å². The standard InChI is InChI=1S/C12H14BrN3O2S2/c1-9-14-4-5-15(9)6-10-7-16(8-10)20(17,18)12-3-2-11(13)19-12/h2-5,10H,6-8H2,1H3. The Balaban J connectivity index is 1.64. The lowest BCUT2D eigenvalue weighted by Crippen LogP contribution is -2.51. The van der Waals surface area contributed by atoms with Crippen LogP contribution in [0, 0.1) is 12.8 Å². The molecule has 0 N–H and O–H groups in total. The molecule has 0 radical (unpaired) electrons. The van der Waals surface area contributed by atoms with Gasteiger partial charge in [0.15, 0.2) is 0 Å². The Hall–Kier alpha value is -0.700. The zero-order valence-corrected chi connectivity index (χ0v) is 14.1. The molecular formula is C12H14BrN3O2S2. The fraction of sp³-hybridized carbons (Fsp3) is 0.417. The van der Waals surface area contributed by atoms with E-state index in [9.17, 15) is 8.42 Å². The highest BCUT2D eigenvalue weighted by Gasteiger charge is 2.37. The monoisotopic (exact) mass is 375 g/mol. The summed E-state index contributed by atoms with van der Waals surface area (Å²) < 4.78 is 29.5. The van der Waals surface area contributed by atoms with Crippen LogP contribution < -0.4 is 0 Å². The van der Waals surface area contributed by atoms with Crippen molar-refractivity contribution in [3.8, 4) is 0 Å². The van der Waals surface area contributed by atoms with E-state index in [4.69, 9.17) is 0 Å². The normalized spacial score (nSPS) is 17.3. The lowest BCUT2D eigenvalue weighted by Gasteiger charge is -2.38. The van der Waals surface area contributed by atoms with E-state index in [1.807, 2.05) is 13.1 Å². The van der Waals surface area contributed by atoms with Gasteiger partial charge in [0.2, 0.25) is 0 Å². The van der Waals surface area contributed by atoms with E-state index in [1.54, 1.807) is 22.6 Å². The van der Waals surface area contributed by atoms with Crippen LogP contribution in [0.1, 0.15) is 5.82 Å². The van der Waals surface area contributed by atoms with E-state index >= 15 is 0 Å². The minimum atomic E-state index is -3.31. The van der Waals surface area contributed by atoms with Crippen molar-refractivity contribution in [2.24, 2.45) is 5.92 Å². The molecule has 1 aliphatic heterocycles. The van der Waals surface area contributed by atoms with Crippen LogP contribution in [0.4, 0.5) is 0 Å². The predicted octanol–water partition coefficient (Wildman–Crippen LogP) is 2.34. The molecular weight excluding hydrogens is 362 g/mol. The van der Waals surface area contributed by atoms with Crippen LogP contribution in [0.2, 0.25) is 0 Å². The van der Waals surface area contributed by atoms with Gasteiger partial charge in [0, 0.05) is 37.9 Å². The molecule has 8 heteroatoms. The average molecular weight is 376 g/mol. The first kappa shape index (κ1) is 14.2. The van der Waals surface area contributed by atoms with E-state index in [0.717, 1.165) is 16.2 Å². The highest BCUT2D eigenvalue weighted by Crippen LogP contribution is 2.32. The number of halogens is 1. The van der Waals surface area contributed by atoms with Crippen LogP contribution in [0.15, 0.2) is 32.5 Å². The van der Waals surface area contributed by atoms with Gasteiger partial charge in [0.1, 0.15) is 10.0 Å². The molecule has 0 bridgehead atoms. The summed E-state index contributed by atoms with van der Waals surface area (Å²) in [6.45, 7) is 3.94. The molecule has 0 saturated carbocycles. The zero-order chi connectivity index (χ0) is 14.3. The van der Waals surface area contributed by atoms with Crippen molar-refractivity contribution in [3.05, 3.63) is 34.1 Å². The van der Waals surface area contributed by atoms with E-state index < -0.39 is 10.0 Å². The Kier molecular flexibility index (Phi) is 3.74. The summed E-state index contributed by atoms with van der Waals surface area (Å²) in [6, 6.07) is 3.42. The number of hydrogen-bond donors (Lipinski definition) is 0. The highest BCUT2D eigenvalue weighted by molar-refractivity contribution is 9.11. The lowest BCUT2D eigenvalue weighted by atomic mass is 10.0. The van der Waals surface area contributed by atoms with E-state index in [2.05, 4.69) is 25.5 Å². The van der Waals surface area contributed by atoms with Gasteiger partial charge in [0.25, 0.3) is 10.0 Å². The van der Waals surface area contributed by atoms with Gasteiger partial charge in [-0.3, -0.25) is 0 Å². The fourth-order valence-electron chi connectivity index (χ4n) is 2.27. The van der Waals surface area contributed by atoms with Crippen LogP contribution >= 0.6 is 27.3 Å². The van der Waals surface area contributed by atoms with Gasteiger partial charge >= 0.3 is 0 Å². The van der Waals surface area contributed by atoms with Gasteiger partial charge < -0.3 is 4.57 Å². The summed E-state index contributed by atoms with van der Waals surface area (Å²) >= 11 is 4.55. The third-order valence-corrected chi connectivity index (χ3v) is 7.37. The first-order chi connectivity index (χ1) is 9.46. The zero-order valence-electron chi connectivity index (χ0n) is 10.9. The maximum absolute atomic E-state index is 12.3. The van der Waals surface area contributed by atoms with Crippen molar-refractivity contribution in [1.29, 1.82) is 0 Å². The minimum absolute atomic E-state index is 0.362. The Bertz CT molecular complexity index is 717. The molecule has 1 fully saturated rings. The molecule has 1 saturated heterocycles. The lowest BCUT2D eigenvalue weighted by molar-refractivity contribution is 0.179. The number of aryl methyl sites for hydroxylation is 1. The van der Waals surface area contributed by atoms with Gasteiger partial charge in [-0.15, -0.1) is 11.3 Å². The third-order valence-electron chi connectivity index (χ3n) is 3.44. The molecule has 3 heterocycles. The topological polar surface area (TPSA) is 55.2 Å². The molecule has 2 aromatic rings. The Morgan fingerprint density at radius 2 is 2.20 bits per heavy atom. The summed E-state index contributed by atoms with van der Waals surface area (Å²) in [6.07, 6.45) is 3.70. The van der Waals surface area contributed by atoms with Crippen molar-refractivity contribution in [3.63, 3.8) is 0 Å². The molecule has 0 aliphatic carbocycles. The molecule has 0 aromatic carbocycles. The predicted molar refractivity (Wildman–Crippen MR) is 81.2 cm³/mol. The van der Waals surface area contributed by atoms with Crippen molar-refractivity contribution >= 4 is 37.3 Å². The van der Waals surface area contributed by atoms with E-state index in [1.165, 1.54) is 11.3 Å². The second-order valence-corrected chi connectivity index (χ2v) is 9.50. The maximum atomic E-state index is 12.3. The molecule has 0 amide bonds.